The second-order valence-electron chi connectivity index (χ2n) is 4.16. The van der Waals surface area contributed by atoms with E-state index < -0.39 is 11.7 Å². The largest absolute Gasteiger partial charge is 0.490 e. The Hall–Kier alpha value is -1.23. The monoisotopic (exact) mass is 245 g/mol. The molecule has 0 spiro atoms. The lowest BCUT2D eigenvalue weighted by atomic mass is 10.1. The Labute approximate surface area is 97.8 Å². The summed E-state index contributed by atoms with van der Waals surface area (Å²) in [6, 6.07) is 3.72. The number of hydrogen-bond donors (Lipinski definition) is 1. The van der Waals surface area contributed by atoms with Gasteiger partial charge in [0.1, 0.15) is 11.9 Å². The van der Waals surface area contributed by atoms with E-state index >= 15 is 0 Å². The predicted octanol–water partition coefficient (Wildman–Crippen LogP) is 2.62. The van der Waals surface area contributed by atoms with E-state index in [2.05, 4.69) is 5.32 Å². The second-order valence-corrected chi connectivity index (χ2v) is 4.16. The van der Waals surface area contributed by atoms with Crippen LogP contribution in [-0.2, 0) is 12.6 Å². The number of nitrogens with one attached hydrogen (secondary N) is 1. The molecule has 0 bridgehead atoms. The van der Waals surface area contributed by atoms with Crippen molar-refractivity contribution < 1.29 is 17.9 Å². The minimum atomic E-state index is -4.30. The number of ether oxygens (including phenoxy) is 1. The molecule has 1 atom stereocenters. The van der Waals surface area contributed by atoms with Crippen LogP contribution in [0, 0.1) is 0 Å². The zero-order valence-electron chi connectivity index (χ0n) is 9.47. The fourth-order valence-corrected chi connectivity index (χ4v) is 1.94. The van der Waals surface area contributed by atoms with Gasteiger partial charge in [-0.2, -0.15) is 13.2 Å². The molecular weight excluding hydrogens is 231 g/mol. The maximum atomic E-state index is 12.5. The summed E-state index contributed by atoms with van der Waals surface area (Å²) in [5, 5.41) is 3.00. The van der Waals surface area contributed by atoms with E-state index in [1.165, 1.54) is 6.07 Å². The molecule has 17 heavy (non-hydrogen) atoms. The van der Waals surface area contributed by atoms with Crippen LogP contribution in [0.5, 0.6) is 5.75 Å². The van der Waals surface area contributed by atoms with E-state index in [1.54, 1.807) is 0 Å². The number of alkyl halides is 3. The summed E-state index contributed by atoms with van der Waals surface area (Å²) < 4.78 is 43.0. The van der Waals surface area contributed by atoms with Crippen molar-refractivity contribution >= 4 is 0 Å². The molecule has 5 heteroatoms. The first-order valence-corrected chi connectivity index (χ1v) is 5.52. The molecule has 0 fully saturated rings. The van der Waals surface area contributed by atoms with Crippen LogP contribution in [0.1, 0.15) is 17.5 Å². The van der Waals surface area contributed by atoms with E-state index in [0.29, 0.717) is 12.2 Å². The number of halogens is 3. The van der Waals surface area contributed by atoms with Crippen LogP contribution >= 0.6 is 0 Å². The molecular formula is C12H14F3NO. The fraction of sp³-hybridized carbons (Fsp3) is 0.500. The minimum absolute atomic E-state index is 0.0130. The third-order valence-electron chi connectivity index (χ3n) is 2.85. The van der Waals surface area contributed by atoms with Crippen molar-refractivity contribution in [2.24, 2.45) is 0 Å². The Morgan fingerprint density at radius 2 is 2.18 bits per heavy atom. The van der Waals surface area contributed by atoms with Gasteiger partial charge in [0.05, 0.1) is 5.56 Å². The van der Waals surface area contributed by atoms with Gasteiger partial charge in [0.25, 0.3) is 0 Å². The first-order valence-electron chi connectivity index (χ1n) is 5.52. The molecule has 1 aliphatic rings. The van der Waals surface area contributed by atoms with E-state index in [4.69, 9.17) is 4.74 Å². The molecule has 1 unspecified atom stereocenters. The zero-order valence-corrected chi connectivity index (χ0v) is 9.47. The van der Waals surface area contributed by atoms with Crippen LogP contribution in [0.3, 0.4) is 0 Å². The van der Waals surface area contributed by atoms with Crippen LogP contribution in [0.2, 0.25) is 0 Å². The Balaban J connectivity index is 2.11. The summed E-state index contributed by atoms with van der Waals surface area (Å²) >= 11 is 0. The van der Waals surface area contributed by atoms with Crippen LogP contribution in [-0.4, -0.2) is 19.7 Å². The van der Waals surface area contributed by atoms with Crippen LogP contribution in [0.4, 0.5) is 13.2 Å². The molecule has 1 aromatic carbocycles. The van der Waals surface area contributed by atoms with Crippen LogP contribution < -0.4 is 10.1 Å². The quantitative estimate of drug-likeness (QED) is 0.883. The van der Waals surface area contributed by atoms with Crippen LogP contribution in [0.15, 0.2) is 18.2 Å². The first-order chi connectivity index (χ1) is 8.00. The maximum absolute atomic E-state index is 12.5. The van der Waals surface area contributed by atoms with Crippen LogP contribution in [0.25, 0.3) is 0 Å². The Morgan fingerprint density at radius 3 is 2.82 bits per heavy atom. The highest BCUT2D eigenvalue weighted by atomic mass is 19.4. The maximum Gasteiger partial charge on any atom is 0.416 e. The third kappa shape index (κ3) is 2.72. The summed E-state index contributed by atoms with van der Waals surface area (Å²) in [5.41, 5.74) is 0.213. The van der Waals surface area contributed by atoms with Crippen molar-refractivity contribution in [3.05, 3.63) is 29.3 Å². The van der Waals surface area contributed by atoms with Gasteiger partial charge in [0, 0.05) is 6.42 Å². The van der Waals surface area contributed by atoms with Crippen molar-refractivity contribution in [3.8, 4) is 5.75 Å². The molecule has 0 radical (unpaired) electrons. The lowest BCUT2D eigenvalue weighted by Gasteiger charge is -2.10. The molecule has 94 valence electrons. The molecule has 0 saturated carbocycles. The third-order valence-corrected chi connectivity index (χ3v) is 2.85. The van der Waals surface area contributed by atoms with Gasteiger partial charge >= 0.3 is 6.18 Å². The van der Waals surface area contributed by atoms with Crippen molar-refractivity contribution in [2.45, 2.75) is 25.1 Å². The van der Waals surface area contributed by atoms with E-state index in [1.807, 2.05) is 7.05 Å². The highest BCUT2D eigenvalue weighted by Crippen LogP contribution is 2.36. The van der Waals surface area contributed by atoms with Gasteiger partial charge in [-0.15, -0.1) is 0 Å². The summed E-state index contributed by atoms with van der Waals surface area (Å²) in [5.74, 6) is 0.376. The van der Waals surface area contributed by atoms with E-state index in [0.717, 1.165) is 30.7 Å². The molecule has 0 saturated heterocycles. The van der Waals surface area contributed by atoms with E-state index in [9.17, 15) is 13.2 Å². The highest BCUT2D eigenvalue weighted by Gasteiger charge is 2.33. The fourth-order valence-electron chi connectivity index (χ4n) is 1.94. The summed E-state index contributed by atoms with van der Waals surface area (Å²) in [6.07, 6.45) is -2.83. The minimum Gasteiger partial charge on any atom is -0.490 e. The molecule has 2 rings (SSSR count). The number of fused-ring (bicyclic) bond motifs is 1. The Morgan fingerprint density at radius 1 is 1.41 bits per heavy atom. The SMILES string of the molecule is CNCCC1Cc2ccc(C(F)(F)F)cc2O1. The molecule has 0 aromatic heterocycles. The van der Waals surface area contributed by atoms with Gasteiger partial charge in [-0.25, -0.2) is 0 Å². The van der Waals surface area contributed by atoms with Gasteiger partial charge in [-0.3, -0.25) is 0 Å². The number of rotatable bonds is 3. The normalized spacial score (nSPS) is 18.9. The average molecular weight is 245 g/mol. The molecule has 1 aliphatic heterocycles. The van der Waals surface area contributed by atoms with Crippen molar-refractivity contribution in [3.63, 3.8) is 0 Å². The Kier molecular flexibility index (Phi) is 3.28. The Bertz CT molecular complexity index is 403. The summed E-state index contributed by atoms with van der Waals surface area (Å²) in [7, 11) is 1.84. The first kappa shape index (κ1) is 12.2. The van der Waals surface area contributed by atoms with Gasteiger partial charge in [0.15, 0.2) is 0 Å². The van der Waals surface area contributed by atoms with E-state index in [-0.39, 0.29) is 6.10 Å². The number of hydrogen-bond acceptors (Lipinski definition) is 2. The van der Waals surface area contributed by atoms with Crippen molar-refractivity contribution in [1.29, 1.82) is 0 Å². The number of benzene rings is 1. The van der Waals surface area contributed by atoms with Gasteiger partial charge in [-0.1, -0.05) is 6.07 Å². The predicted molar refractivity (Wildman–Crippen MR) is 58.1 cm³/mol. The topological polar surface area (TPSA) is 21.3 Å². The second kappa shape index (κ2) is 4.56. The molecule has 1 heterocycles. The average Bonchev–Trinajstić information content (AvgIpc) is 2.66. The smallest absolute Gasteiger partial charge is 0.416 e. The molecule has 1 aromatic rings. The summed E-state index contributed by atoms with van der Waals surface area (Å²) in [6.45, 7) is 0.796. The van der Waals surface area contributed by atoms with Gasteiger partial charge in [0.2, 0.25) is 0 Å². The van der Waals surface area contributed by atoms with Gasteiger partial charge < -0.3 is 10.1 Å². The van der Waals surface area contributed by atoms with Crippen molar-refractivity contribution in [1.82, 2.24) is 5.32 Å². The molecule has 0 amide bonds. The molecule has 2 nitrogen and oxygen atoms in total. The lowest BCUT2D eigenvalue weighted by molar-refractivity contribution is -0.137. The van der Waals surface area contributed by atoms with Gasteiger partial charge in [-0.05, 0) is 37.7 Å². The summed E-state index contributed by atoms with van der Waals surface area (Å²) in [4.78, 5) is 0. The molecule has 0 aliphatic carbocycles. The standard InChI is InChI=1S/C12H14F3NO/c1-16-5-4-10-6-8-2-3-9(12(13,14)15)7-11(8)17-10/h2-3,7,10,16H,4-6H2,1H3. The molecule has 1 N–H and O–H groups in total. The highest BCUT2D eigenvalue weighted by molar-refractivity contribution is 5.41. The lowest BCUT2D eigenvalue weighted by Crippen LogP contribution is -2.20. The zero-order chi connectivity index (χ0) is 12.5. The van der Waals surface area contributed by atoms with Crippen molar-refractivity contribution in [2.75, 3.05) is 13.6 Å².